The molecule has 0 radical (unpaired) electrons. The van der Waals surface area contributed by atoms with Crippen LogP contribution in [0.2, 0.25) is 5.02 Å². The number of carboxylic acid groups (broad SMARTS) is 1. The molecule has 43 heavy (non-hydrogen) atoms. The second kappa shape index (κ2) is 10.5. The summed E-state index contributed by atoms with van der Waals surface area (Å²) in [6.45, 7) is 2.90. The summed E-state index contributed by atoms with van der Waals surface area (Å²) in [7, 11) is -1.89. The number of hydrogen-bond acceptors (Lipinski definition) is 6. The first-order valence-corrected chi connectivity index (χ1v) is 16.9. The van der Waals surface area contributed by atoms with Crippen molar-refractivity contribution in [3.63, 3.8) is 0 Å². The van der Waals surface area contributed by atoms with Gasteiger partial charge in [0.2, 0.25) is 0 Å². The van der Waals surface area contributed by atoms with Gasteiger partial charge in [0, 0.05) is 49.1 Å². The summed E-state index contributed by atoms with van der Waals surface area (Å²) >= 11 is 6.39. The molecule has 0 unspecified atom stereocenters. The van der Waals surface area contributed by atoms with Gasteiger partial charge in [0.1, 0.15) is 5.75 Å². The molecule has 230 valence electrons. The number of carbonyl (C=O) groups is 1. The molecule has 2 spiro atoms. The number of nitrogens with zero attached hydrogens (tertiary/aromatic N) is 2. The fourth-order valence-electron chi connectivity index (χ4n) is 8.34. The van der Waals surface area contributed by atoms with Crippen LogP contribution in [0.15, 0.2) is 48.0 Å². The predicted molar refractivity (Wildman–Crippen MR) is 164 cm³/mol. The van der Waals surface area contributed by atoms with Crippen molar-refractivity contribution in [2.24, 2.45) is 22.4 Å². The van der Waals surface area contributed by atoms with Crippen LogP contribution in [-0.2, 0) is 26.8 Å². The Balaban J connectivity index is 1.16. The van der Waals surface area contributed by atoms with Crippen molar-refractivity contribution in [1.29, 1.82) is 0 Å². The zero-order valence-corrected chi connectivity index (χ0v) is 25.9. The van der Waals surface area contributed by atoms with Gasteiger partial charge in [-0.25, -0.2) is 9.93 Å². The molecule has 3 aliphatic carbocycles. The third kappa shape index (κ3) is 5.05. The highest BCUT2D eigenvalue weighted by Gasteiger charge is 2.53. The Kier molecular flexibility index (Phi) is 7.09. The third-order valence-corrected chi connectivity index (χ3v) is 11.8. The van der Waals surface area contributed by atoms with E-state index in [-0.39, 0.29) is 22.5 Å². The van der Waals surface area contributed by atoms with Crippen molar-refractivity contribution in [2.75, 3.05) is 44.8 Å². The van der Waals surface area contributed by atoms with Crippen LogP contribution in [0, 0.1) is 17.3 Å². The van der Waals surface area contributed by atoms with Gasteiger partial charge in [-0.2, -0.15) is 12.7 Å². The summed E-state index contributed by atoms with van der Waals surface area (Å²) in [5.41, 5.74) is 4.52. The van der Waals surface area contributed by atoms with Crippen molar-refractivity contribution in [3.8, 4) is 5.75 Å². The van der Waals surface area contributed by atoms with E-state index in [1.807, 2.05) is 6.07 Å². The maximum atomic E-state index is 12.0. The molecule has 0 amide bonds. The molecule has 2 aromatic rings. The number of methoxy groups -OCH3 is 1. The summed E-state index contributed by atoms with van der Waals surface area (Å²) in [4.78, 5) is 14.3. The molecule has 2 heterocycles. The first-order valence-electron chi connectivity index (χ1n) is 15.1. The average Bonchev–Trinajstić information content (AvgIpc) is 3.05. The number of aryl methyl sites for hydroxylation is 1. The van der Waals surface area contributed by atoms with E-state index in [4.69, 9.17) is 26.2 Å². The summed E-state index contributed by atoms with van der Waals surface area (Å²) in [6.07, 6.45) is 8.14. The number of rotatable bonds is 7. The molecule has 9 nitrogen and oxygen atoms in total. The van der Waals surface area contributed by atoms with E-state index in [0.717, 1.165) is 68.1 Å². The van der Waals surface area contributed by atoms with Crippen LogP contribution < -0.4 is 14.8 Å². The van der Waals surface area contributed by atoms with Gasteiger partial charge in [-0.05, 0) is 97.4 Å². The fraction of sp³-hybridized carbons (Fsp3) is 0.531. The number of carboxylic acids is 1. The molecule has 2 fully saturated rings. The van der Waals surface area contributed by atoms with Gasteiger partial charge >= 0.3 is 5.97 Å². The van der Waals surface area contributed by atoms with Gasteiger partial charge in [0.15, 0.2) is 0 Å². The van der Waals surface area contributed by atoms with E-state index in [1.165, 1.54) is 21.0 Å². The maximum absolute atomic E-state index is 12.0. The molecule has 5 aliphatic rings. The van der Waals surface area contributed by atoms with E-state index in [0.29, 0.717) is 31.5 Å². The second-order valence-electron chi connectivity index (χ2n) is 13.3. The Morgan fingerprint density at radius 1 is 1.21 bits per heavy atom. The van der Waals surface area contributed by atoms with Crippen molar-refractivity contribution in [2.45, 2.75) is 50.0 Å². The van der Waals surface area contributed by atoms with Crippen LogP contribution in [0.5, 0.6) is 5.75 Å². The SMILES string of the molecule is CO[C@@H](C1=CC2(C1)CN(S(N)(=O)=O)C2)[C@@H]1CC[C@H]1CN1C[C@@]2(CCCc3cc(Cl)ccc32)COc2ccc(C(=O)O)cc21. The average molecular weight is 628 g/mol. The first-order chi connectivity index (χ1) is 20.5. The zero-order chi connectivity index (χ0) is 30.1. The second-order valence-corrected chi connectivity index (χ2v) is 15.3. The highest BCUT2D eigenvalue weighted by molar-refractivity contribution is 7.86. The standard InChI is InChI=1S/C32H38ClN3O6S/c1-41-29(23-13-31(14-23)16-36(17-31)43(34,39)40)25-7-4-22(25)15-35-18-32(10-2-3-20-11-24(33)6-8-26(20)32)19-42-28-9-5-21(30(37)38)12-27(28)35/h5-6,8-9,11-13,22,25,29H,2-4,7,10,14-19H2,1H3,(H,37,38)(H2,34,39,40)/t22-,25+,29-,32-/m0/s1. The van der Waals surface area contributed by atoms with Crippen LogP contribution in [0.4, 0.5) is 5.69 Å². The monoisotopic (exact) mass is 627 g/mol. The Morgan fingerprint density at radius 2 is 2.00 bits per heavy atom. The molecular formula is C32H38ClN3O6S. The number of halogens is 1. The van der Waals surface area contributed by atoms with E-state index < -0.39 is 16.2 Å². The number of hydrogen-bond donors (Lipinski definition) is 2. The summed E-state index contributed by atoms with van der Waals surface area (Å²) in [5, 5.41) is 15.9. The normalized spacial score (nSPS) is 28.3. The third-order valence-electron chi connectivity index (χ3n) is 10.6. The lowest BCUT2D eigenvalue weighted by Crippen LogP contribution is -2.62. The number of ether oxygens (including phenoxy) is 2. The van der Waals surface area contributed by atoms with E-state index >= 15 is 0 Å². The Morgan fingerprint density at radius 3 is 2.67 bits per heavy atom. The van der Waals surface area contributed by atoms with Gasteiger partial charge in [0.25, 0.3) is 10.2 Å². The smallest absolute Gasteiger partial charge is 0.335 e. The lowest BCUT2D eigenvalue weighted by molar-refractivity contribution is -0.0123. The van der Waals surface area contributed by atoms with Crippen LogP contribution >= 0.6 is 11.6 Å². The Bertz CT molecular complexity index is 1610. The lowest BCUT2D eigenvalue weighted by atomic mass is 9.60. The van der Waals surface area contributed by atoms with Gasteiger partial charge < -0.3 is 19.5 Å². The van der Waals surface area contributed by atoms with Crippen LogP contribution in [0.25, 0.3) is 0 Å². The number of fused-ring (bicyclic) bond motifs is 3. The van der Waals surface area contributed by atoms with Gasteiger partial charge in [-0.15, -0.1) is 0 Å². The zero-order valence-electron chi connectivity index (χ0n) is 24.3. The first kappa shape index (κ1) is 29.1. The van der Waals surface area contributed by atoms with E-state index in [1.54, 1.807) is 25.3 Å². The molecule has 11 heteroatoms. The molecule has 0 aromatic heterocycles. The maximum Gasteiger partial charge on any atom is 0.335 e. The molecule has 7 rings (SSSR count). The Hall–Kier alpha value is -2.63. The topological polar surface area (TPSA) is 122 Å². The molecule has 1 saturated heterocycles. The number of nitrogens with two attached hydrogens (primary N) is 1. The van der Waals surface area contributed by atoms with Crippen molar-refractivity contribution < 1.29 is 27.8 Å². The van der Waals surface area contributed by atoms with E-state index in [2.05, 4.69) is 23.1 Å². The molecule has 3 N–H and O–H groups in total. The molecule has 2 aromatic carbocycles. The number of anilines is 1. The highest BCUT2D eigenvalue weighted by atomic mass is 35.5. The summed E-state index contributed by atoms with van der Waals surface area (Å²) < 4.78 is 37.3. The molecule has 0 bridgehead atoms. The largest absolute Gasteiger partial charge is 0.490 e. The minimum atomic E-state index is -3.65. The van der Waals surface area contributed by atoms with Crippen LogP contribution in [0.3, 0.4) is 0 Å². The van der Waals surface area contributed by atoms with Crippen molar-refractivity contribution in [3.05, 3.63) is 69.8 Å². The number of benzene rings is 2. The van der Waals surface area contributed by atoms with E-state index in [9.17, 15) is 18.3 Å². The minimum Gasteiger partial charge on any atom is -0.490 e. The minimum absolute atomic E-state index is 0.0209. The predicted octanol–water partition coefficient (Wildman–Crippen LogP) is 4.39. The van der Waals surface area contributed by atoms with Crippen LogP contribution in [-0.4, -0.2) is 69.8 Å². The molecule has 1 saturated carbocycles. The Labute approximate surface area is 257 Å². The van der Waals surface area contributed by atoms with Gasteiger partial charge in [0.05, 0.1) is 24.0 Å². The highest BCUT2D eigenvalue weighted by Crippen LogP contribution is 2.53. The fourth-order valence-corrected chi connectivity index (χ4v) is 9.41. The summed E-state index contributed by atoms with van der Waals surface area (Å²) in [6, 6.07) is 11.4. The van der Waals surface area contributed by atoms with Crippen molar-refractivity contribution >= 4 is 33.5 Å². The molecular weight excluding hydrogens is 590 g/mol. The quantitative estimate of drug-likeness (QED) is 0.437. The molecule has 4 atom stereocenters. The summed E-state index contributed by atoms with van der Waals surface area (Å²) in [5.74, 6) is 0.444. The van der Waals surface area contributed by atoms with Gasteiger partial charge in [-0.1, -0.05) is 23.7 Å². The van der Waals surface area contributed by atoms with Gasteiger partial charge in [-0.3, -0.25) is 0 Å². The van der Waals surface area contributed by atoms with Crippen LogP contribution in [0.1, 0.15) is 53.6 Å². The number of aromatic carboxylic acids is 1. The molecule has 2 aliphatic heterocycles. The van der Waals surface area contributed by atoms with Crippen molar-refractivity contribution in [1.82, 2.24) is 4.31 Å². The lowest BCUT2D eigenvalue weighted by Gasteiger charge is -2.55.